The van der Waals surface area contributed by atoms with Gasteiger partial charge in [-0.1, -0.05) is 19.9 Å². The maximum Gasteiger partial charge on any atom is 0.236 e. The van der Waals surface area contributed by atoms with E-state index in [9.17, 15) is 9.18 Å². The molecule has 3 aromatic rings. The lowest BCUT2D eigenvalue weighted by molar-refractivity contribution is -0.132. The summed E-state index contributed by atoms with van der Waals surface area (Å²) >= 11 is 0. The first kappa shape index (κ1) is 22.5. The number of H-pyrrole nitrogens is 1. The van der Waals surface area contributed by atoms with Crippen molar-refractivity contribution in [3.63, 3.8) is 0 Å². The molecule has 0 spiro atoms. The van der Waals surface area contributed by atoms with Crippen LogP contribution in [0.25, 0.3) is 22.2 Å². The van der Waals surface area contributed by atoms with E-state index >= 15 is 0 Å². The number of halogens is 1. The second kappa shape index (κ2) is 9.02. The van der Waals surface area contributed by atoms with Crippen LogP contribution in [0, 0.1) is 12.7 Å². The predicted octanol–water partition coefficient (Wildman–Crippen LogP) is 5.07. The molecule has 1 N–H and O–H groups in total. The first-order chi connectivity index (χ1) is 15.3. The monoisotopic (exact) mass is 436 g/mol. The molecule has 5 nitrogen and oxygen atoms in total. The highest BCUT2D eigenvalue weighted by Gasteiger charge is 2.25. The summed E-state index contributed by atoms with van der Waals surface area (Å²) in [5.41, 5.74) is 5.30. The minimum absolute atomic E-state index is 0.205. The second-order valence-corrected chi connectivity index (χ2v) is 9.52. The number of likely N-dealkylation sites (tertiary alicyclic amines) is 1. The first-order valence-corrected chi connectivity index (χ1v) is 11.5. The average Bonchev–Trinajstić information content (AvgIpc) is 3.14. The summed E-state index contributed by atoms with van der Waals surface area (Å²) in [6, 6.07) is 8.33. The lowest BCUT2D eigenvalue weighted by Crippen LogP contribution is -2.42. The van der Waals surface area contributed by atoms with Crippen molar-refractivity contribution in [2.24, 2.45) is 0 Å². The Kier molecular flexibility index (Phi) is 6.33. The highest BCUT2D eigenvalue weighted by molar-refractivity contribution is 5.92. The number of carbonyl (C=O) groups excluding carboxylic acids is 1. The number of amides is 1. The van der Waals surface area contributed by atoms with Crippen LogP contribution in [-0.4, -0.2) is 59.4 Å². The number of carbonyl (C=O) groups is 1. The zero-order valence-electron chi connectivity index (χ0n) is 19.7. The quantitative estimate of drug-likeness (QED) is 0.608. The number of hydrogen-bond donors (Lipinski definition) is 1. The molecule has 1 saturated heterocycles. The summed E-state index contributed by atoms with van der Waals surface area (Å²) in [5, 5.41) is 1.16. The van der Waals surface area contributed by atoms with Crippen molar-refractivity contribution in [3.05, 3.63) is 53.1 Å². The number of likely N-dealkylation sites (N-methyl/N-ethyl adjacent to an activating group) is 1. The second-order valence-electron chi connectivity index (χ2n) is 9.52. The van der Waals surface area contributed by atoms with Crippen molar-refractivity contribution in [1.29, 1.82) is 0 Å². The molecule has 0 atom stereocenters. The van der Waals surface area contributed by atoms with Crippen molar-refractivity contribution in [3.8, 4) is 11.3 Å². The van der Waals surface area contributed by atoms with E-state index in [2.05, 4.69) is 42.0 Å². The standard InChI is InChI=1S/C26H33FN4O/c1-16(2)24-21-14-19(18-9-12-31(13-10-18)23(32)15-30(4)5)6-7-22(21)29-26(24)20-8-11-28-17(3)25(20)27/h6-8,11,14,16,18,29H,9-10,12-13,15H2,1-5H3. The molecule has 1 fully saturated rings. The third-order valence-corrected chi connectivity index (χ3v) is 6.54. The summed E-state index contributed by atoms with van der Waals surface area (Å²) in [5.74, 6) is 0.611. The molecule has 0 saturated carbocycles. The largest absolute Gasteiger partial charge is 0.354 e. The molecule has 1 amide bonds. The molecule has 32 heavy (non-hydrogen) atoms. The molecule has 1 aliphatic heterocycles. The number of nitrogens with zero attached hydrogens (tertiary/aromatic N) is 3. The fourth-order valence-corrected chi connectivity index (χ4v) is 4.87. The molecule has 4 rings (SSSR count). The maximum atomic E-state index is 14.9. The Hall–Kier alpha value is -2.73. The molecule has 1 aromatic carbocycles. The molecule has 3 heterocycles. The van der Waals surface area contributed by atoms with Gasteiger partial charge in [0.25, 0.3) is 0 Å². The molecule has 1 aliphatic rings. The van der Waals surface area contributed by atoms with Gasteiger partial charge in [-0.15, -0.1) is 0 Å². The van der Waals surface area contributed by atoms with Crippen molar-refractivity contribution in [2.45, 2.75) is 45.4 Å². The van der Waals surface area contributed by atoms with Crippen LogP contribution >= 0.6 is 0 Å². The van der Waals surface area contributed by atoms with Gasteiger partial charge in [0.05, 0.1) is 17.9 Å². The number of aryl methyl sites for hydroxylation is 1. The number of benzene rings is 1. The molecule has 0 bridgehead atoms. The third-order valence-electron chi connectivity index (χ3n) is 6.54. The zero-order valence-corrected chi connectivity index (χ0v) is 19.7. The Morgan fingerprint density at radius 1 is 1.25 bits per heavy atom. The molecule has 0 aliphatic carbocycles. The molecular formula is C26H33FN4O. The Morgan fingerprint density at radius 3 is 2.62 bits per heavy atom. The zero-order chi connectivity index (χ0) is 23.0. The van der Waals surface area contributed by atoms with Gasteiger partial charge >= 0.3 is 0 Å². The van der Waals surface area contributed by atoms with E-state index in [1.165, 1.54) is 5.56 Å². The third kappa shape index (κ3) is 4.29. The highest BCUT2D eigenvalue weighted by atomic mass is 19.1. The van der Waals surface area contributed by atoms with Crippen molar-refractivity contribution in [1.82, 2.24) is 19.8 Å². The Labute approximate surface area is 189 Å². The Morgan fingerprint density at radius 2 is 1.97 bits per heavy atom. The van der Waals surface area contributed by atoms with E-state index in [1.807, 2.05) is 23.9 Å². The number of piperidine rings is 1. The van der Waals surface area contributed by atoms with Gasteiger partial charge in [0.1, 0.15) is 0 Å². The number of aromatic amines is 1. The van der Waals surface area contributed by atoms with Crippen LogP contribution in [-0.2, 0) is 4.79 Å². The van der Waals surface area contributed by atoms with Gasteiger partial charge in [-0.05, 0) is 75.0 Å². The number of rotatable bonds is 5. The maximum absolute atomic E-state index is 14.9. The smallest absolute Gasteiger partial charge is 0.236 e. The van der Waals surface area contributed by atoms with Gasteiger partial charge in [-0.3, -0.25) is 9.78 Å². The number of fused-ring (bicyclic) bond motifs is 1. The summed E-state index contributed by atoms with van der Waals surface area (Å²) in [7, 11) is 3.85. The normalized spacial score (nSPS) is 15.3. The van der Waals surface area contributed by atoms with Gasteiger partial charge < -0.3 is 14.8 Å². The summed E-state index contributed by atoms with van der Waals surface area (Å²) in [6.07, 6.45) is 3.61. The van der Waals surface area contributed by atoms with Gasteiger partial charge in [-0.2, -0.15) is 0 Å². The average molecular weight is 437 g/mol. The lowest BCUT2D eigenvalue weighted by atomic mass is 9.87. The van der Waals surface area contributed by atoms with Crippen LogP contribution in [0.3, 0.4) is 0 Å². The van der Waals surface area contributed by atoms with Crippen LogP contribution in [0.2, 0.25) is 0 Å². The molecular weight excluding hydrogens is 403 g/mol. The predicted molar refractivity (Wildman–Crippen MR) is 127 cm³/mol. The van der Waals surface area contributed by atoms with Crippen LogP contribution < -0.4 is 0 Å². The van der Waals surface area contributed by atoms with Gasteiger partial charge in [0, 0.05) is 35.8 Å². The number of hydrogen-bond acceptors (Lipinski definition) is 3. The van der Waals surface area contributed by atoms with Crippen LogP contribution in [0.15, 0.2) is 30.5 Å². The van der Waals surface area contributed by atoms with E-state index in [4.69, 9.17) is 0 Å². The van der Waals surface area contributed by atoms with E-state index in [0.717, 1.165) is 48.1 Å². The minimum atomic E-state index is -0.268. The van der Waals surface area contributed by atoms with Gasteiger partial charge in [0.15, 0.2) is 5.82 Å². The van der Waals surface area contributed by atoms with Gasteiger partial charge in [0.2, 0.25) is 5.91 Å². The number of pyridine rings is 1. The van der Waals surface area contributed by atoms with Crippen molar-refractivity contribution in [2.75, 3.05) is 33.7 Å². The minimum Gasteiger partial charge on any atom is -0.354 e. The Bertz CT molecular complexity index is 1130. The number of aromatic nitrogens is 2. The number of nitrogens with one attached hydrogen (secondary N) is 1. The van der Waals surface area contributed by atoms with Crippen LogP contribution in [0.1, 0.15) is 55.3 Å². The first-order valence-electron chi connectivity index (χ1n) is 11.5. The van der Waals surface area contributed by atoms with Crippen LogP contribution in [0.5, 0.6) is 0 Å². The summed E-state index contributed by atoms with van der Waals surface area (Å²) in [6.45, 7) is 8.06. The molecule has 0 unspecified atom stereocenters. The Balaban J connectivity index is 1.64. The van der Waals surface area contributed by atoms with E-state index in [0.29, 0.717) is 23.7 Å². The SMILES string of the molecule is Cc1nccc(-c2[nH]c3ccc(C4CCN(C(=O)CN(C)C)CC4)cc3c2C(C)C)c1F. The topological polar surface area (TPSA) is 52.2 Å². The molecule has 6 heteroatoms. The summed E-state index contributed by atoms with van der Waals surface area (Å²) < 4.78 is 14.9. The lowest BCUT2D eigenvalue weighted by Gasteiger charge is -2.33. The fraction of sp³-hybridized carbons (Fsp3) is 0.462. The van der Waals surface area contributed by atoms with E-state index < -0.39 is 0 Å². The van der Waals surface area contributed by atoms with Crippen molar-refractivity contribution >= 4 is 16.8 Å². The molecule has 0 radical (unpaired) electrons. The van der Waals surface area contributed by atoms with Crippen molar-refractivity contribution < 1.29 is 9.18 Å². The summed E-state index contributed by atoms with van der Waals surface area (Å²) in [4.78, 5) is 23.8. The highest BCUT2D eigenvalue weighted by Crippen LogP contribution is 2.39. The van der Waals surface area contributed by atoms with E-state index in [1.54, 1.807) is 19.2 Å². The fourth-order valence-electron chi connectivity index (χ4n) is 4.87. The van der Waals surface area contributed by atoms with Gasteiger partial charge in [-0.25, -0.2) is 4.39 Å². The van der Waals surface area contributed by atoms with E-state index in [-0.39, 0.29) is 17.6 Å². The molecule has 170 valence electrons. The molecule has 2 aromatic heterocycles. The van der Waals surface area contributed by atoms with Crippen LogP contribution in [0.4, 0.5) is 4.39 Å².